The van der Waals surface area contributed by atoms with Crippen LogP contribution in [0.3, 0.4) is 0 Å². The molecule has 0 aliphatic rings. The van der Waals surface area contributed by atoms with E-state index in [0.717, 1.165) is 0 Å². The molecule has 0 spiro atoms. The van der Waals surface area contributed by atoms with E-state index in [1.165, 1.54) is 16.8 Å². The van der Waals surface area contributed by atoms with Crippen molar-refractivity contribution in [2.45, 2.75) is 0 Å². The van der Waals surface area contributed by atoms with Gasteiger partial charge in [-0.2, -0.15) is 5.10 Å². The topological polar surface area (TPSA) is 97.1 Å². The summed E-state index contributed by atoms with van der Waals surface area (Å²) >= 11 is 0. The Morgan fingerprint density at radius 1 is 1.04 bits per heavy atom. The Morgan fingerprint density at radius 2 is 1.87 bits per heavy atom. The number of amides is 1. The molecule has 114 valence electrons. The van der Waals surface area contributed by atoms with Gasteiger partial charge in [-0.05, 0) is 30.3 Å². The Bertz CT molecular complexity index is 859. The number of rotatable bonds is 4. The third-order valence-electron chi connectivity index (χ3n) is 3.11. The quantitative estimate of drug-likeness (QED) is 0.770. The molecule has 0 aliphatic heterocycles. The number of nitrogens with one attached hydrogen (secondary N) is 1. The van der Waals surface area contributed by atoms with Gasteiger partial charge in [-0.15, -0.1) is 0 Å². The minimum Gasteiger partial charge on any atom is -0.478 e. The number of anilines is 1. The van der Waals surface area contributed by atoms with Crippen molar-refractivity contribution in [2.24, 2.45) is 0 Å². The molecule has 2 heterocycles. The molecule has 3 aromatic rings. The fraction of sp³-hybridized carbons (Fsp3) is 0. The number of benzene rings is 1. The molecule has 7 nitrogen and oxygen atoms in total. The predicted octanol–water partition coefficient (Wildman–Crippen LogP) is 2.22. The highest BCUT2D eigenvalue weighted by molar-refractivity contribution is 6.06. The lowest BCUT2D eigenvalue weighted by atomic mass is 10.1. The molecular weight excluding hydrogens is 296 g/mol. The molecule has 23 heavy (non-hydrogen) atoms. The SMILES string of the molecule is O=C(Nc1ccccc1C(=O)O)c1cccc(-n2cccn2)n1. The monoisotopic (exact) mass is 308 g/mol. The smallest absolute Gasteiger partial charge is 0.337 e. The fourth-order valence-corrected chi connectivity index (χ4v) is 2.05. The Hall–Kier alpha value is -3.48. The molecule has 2 N–H and O–H groups in total. The lowest BCUT2D eigenvalue weighted by molar-refractivity contribution is 0.0698. The van der Waals surface area contributed by atoms with E-state index >= 15 is 0 Å². The first kappa shape index (κ1) is 14.5. The number of nitrogens with zero attached hydrogens (tertiary/aromatic N) is 3. The maximum absolute atomic E-state index is 12.3. The van der Waals surface area contributed by atoms with Gasteiger partial charge in [0.25, 0.3) is 5.91 Å². The number of carboxylic acid groups (broad SMARTS) is 1. The third kappa shape index (κ3) is 3.08. The maximum Gasteiger partial charge on any atom is 0.337 e. The van der Waals surface area contributed by atoms with E-state index in [2.05, 4.69) is 15.4 Å². The van der Waals surface area contributed by atoms with Gasteiger partial charge in [0.2, 0.25) is 0 Å². The van der Waals surface area contributed by atoms with Gasteiger partial charge in [0.15, 0.2) is 5.82 Å². The van der Waals surface area contributed by atoms with Crippen molar-refractivity contribution in [3.05, 3.63) is 72.2 Å². The minimum atomic E-state index is -1.11. The number of pyridine rings is 1. The van der Waals surface area contributed by atoms with Crippen molar-refractivity contribution in [3.63, 3.8) is 0 Å². The molecule has 0 saturated heterocycles. The molecule has 0 radical (unpaired) electrons. The van der Waals surface area contributed by atoms with Crippen LogP contribution in [-0.2, 0) is 0 Å². The van der Waals surface area contributed by atoms with Crippen LogP contribution in [0.1, 0.15) is 20.8 Å². The Kier molecular flexibility index (Phi) is 3.84. The number of hydrogen-bond acceptors (Lipinski definition) is 4. The summed E-state index contributed by atoms with van der Waals surface area (Å²) in [4.78, 5) is 27.7. The average Bonchev–Trinajstić information content (AvgIpc) is 3.10. The zero-order chi connectivity index (χ0) is 16.2. The summed E-state index contributed by atoms with van der Waals surface area (Å²) in [6.45, 7) is 0. The normalized spacial score (nSPS) is 10.3. The van der Waals surface area contributed by atoms with Crippen molar-refractivity contribution in [2.75, 3.05) is 5.32 Å². The Morgan fingerprint density at radius 3 is 2.61 bits per heavy atom. The summed E-state index contributed by atoms with van der Waals surface area (Å²) in [7, 11) is 0. The highest BCUT2D eigenvalue weighted by Crippen LogP contribution is 2.16. The van der Waals surface area contributed by atoms with Crippen LogP contribution < -0.4 is 5.32 Å². The molecule has 0 aliphatic carbocycles. The lowest BCUT2D eigenvalue weighted by Crippen LogP contribution is -2.17. The van der Waals surface area contributed by atoms with Crippen LogP contribution in [0, 0.1) is 0 Å². The summed E-state index contributed by atoms with van der Waals surface area (Å²) in [5.74, 6) is -1.11. The first-order chi connectivity index (χ1) is 11.1. The van der Waals surface area contributed by atoms with Crippen LogP contribution in [0.4, 0.5) is 5.69 Å². The van der Waals surface area contributed by atoms with Gasteiger partial charge >= 0.3 is 5.97 Å². The average molecular weight is 308 g/mol. The number of aromatic carboxylic acids is 1. The molecule has 0 fully saturated rings. The van der Waals surface area contributed by atoms with E-state index in [1.54, 1.807) is 48.8 Å². The van der Waals surface area contributed by atoms with E-state index in [1.807, 2.05) is 0 Å². The van der Waals surface area contributed by atoms with Gasteiger partial charge in [0, 0.05) is 12.4 Å². The second kappa shape index (κ2) is 6.10. The van der Waals surface area contributed by atoms with Gasteiger partial charge in [0.05, 0.1) is 11.3 Å². The first-order valence-electron chi connectivity index (χ1n) is 6.76. The van der Waals surface area contributed by atoms with E-state index in [9.17, 15) is 9.59 Å². The molecule has 0 saturated carbocycles. The summed E-state index contributed by atoms with van der Waals surface area (Å²) in [5.41, 5.74) is 0.401. The summed E-state index contributed by atoms with van der Waals surface area (Å²) in [5, 5.41) is 15.8. The van der Waals surface area contributed by atoms with Crippen molar-refractivity contribution in [3.8, 4) is 5.82 Å². The van der Waals surface area contributed by atoms with E-state index in [4.69, 9.17) is 5.11 Å². The van der Waals surface area contributed by atoms with Crippen LogP contribution in [0.15, 0.2) is 60.9 Å². The van der Waals surface area contributed by atoms with Gasteiger partial charge in [0.1, 0.15) is 5.69 Å². The summed E-state index contributed by atoms with van der Waals surface area (Å²) in [6.07, 6.45) is 3.32. The number of aromatic nitrogens is 3. The predicted molar refractivity (Wildman–Crippen MR) is 82.7 cm³/mol. The van der Waals surface area contributed by atoms with Gasteiger partial charge in [-0.1, -0.05) is 18.2 Å². The van der Waals surface area contributed by atoms with Crippen molar-refractivity contribution in [1.82, 2.24) is 14.8 Å². The number of hydrogen-bond donors (Lipinski definition) is 2. The molecule has 3 rings (SSSR count). The fourth-order valence-electron chi connectivity index (χ4n) is 2.05. The van der Waals surface area contributed by atoms with Crippen molar-refractivity contribution in [1.29, 1.82) is 0 Å². The summed E-state index contributed by atoms with van der Waals surface area (Å²) < 4.78 is 1.53. The number of carboxylic acids is 1. The summed E-state index contributed by atoms with van der Waals surface area (Å²) in [6, 6.07) is 12.9. The van der Waals surface area contributed by atoms with E-state index < -0.39 is 11.9 Å². The van der Waals surface area contributed by atoms with Crippen LogP contribution in [0.5, 0.6) is 0 Å². The standard InChI is InChI=1S/C16H12N4O3/c21-15(19-12-6-2-1-5-11(12)16(22)23)13-7-3-8-14(18-13)20-10-4-9-17-20/h1-10H,(H,19,21)(H,22,23). The van der Waals surface area contributed by atoms with Crippen LogP contribution >= 0.6 is 0 Å². The zero-order valence-electron chi connectivity index (χ0n) is 11.9. The molecule has 1 amide bonds. The maximum atomic E-state index is 12.3. The molecule has 0 unspecified atom stereocenters. The number of carbonyl (C=O) groups is 2. The largest absolute Gasteiger partial charge is 0.478 e. The third-order valence-corrected chi connectivity index (χ3v) is 3.11. The van der Waals surface area contributed by atoms with Crippen LogP contribution in [-0.4, -0.2) is 31.7 Å². The highest BCUT2D eigenvalue weighted by Gasteiger charge is 2.14. The van der Waals surface area contributed by atoms with Crippen LogP contribution in [0.2, 0.25) is 0 Å². The zero-order valence-corrected chi connectivity index (χ0v) is 11.9. The lowest BCUT2D eigenvalue weighted by Gasteiger charge is -2.08. The Labute approximate surface area is 131 Å². The van der Waals surface area contributed by atoms with Crippen LogP contribution in [0.25, 0.3) is 5.82 Å². The Balaban J connectivity index is 1.87. The molecule has 0 bridgehead atoms. The van der Waals surface area contributed by atoms with Crippen molar-refractivity contribution < 1.29 is 14.7 Å². The molecule has 0 atom stereocenters. The van der Waals surface area contributed by atoms with E-state index in [-0.39, 0.29) is 16.9 Å². The second-order valence-corrected chi connectivity index (χ2v) is 4.64. The van der Waals surface area contributed by atoms with E-state index in [0.29, 0.717) is 5.82 Å². The van der Waals surface area contributed by atoms with Crippen molar-refractivity contribution >= 4 is 17.6 Å². The highest BCUT2D eigenvalue weighted by atomic mass is 16.4. The number of carbonyl (C=O) groups excluding carboxylic acids is 1. The molecule has 7 heteroatoms. The molecule has 1 aromatic carbocycles. The van der Waals surface area contributed by atoms with Gasteiger partial charge in [-0.25, -0.2) is 14.5 Å². The first-order valence-corrected chi connectivity index (χ1v) is 6.76. The number of para-hydroxylation sites is 1. The van der Waals surface area contributed by atoms with Gasteiger partial charge < -0.3 is 10.4 Å². The molecular formula is C16H12N4O3. The second-order valence-electron chi connectivity index (χ2n) is 4.64. The molecule has 2 aromatic heterocycles. The van der Waals surface area contributed by atoms with Gasteiger partial charge in [-0.3, -0.25) is 4.79 Å². The minimum absolute atomic E-state index is 0.0177.